The Hall–Kier alpha value is -1.31. The van der Waals surface area contributed by atoms with Gasteiger partial charge in [0.25, 0.3) is 0 Å². The molecular formula is C13H18O2. The van der Waals surface area contributed by atoms with Crippen LogP contribution in [-0.2, 0) is 16.0 Å². The normalized spacial score (nSPS) is 10.4. The van der Waals surface area contributed by atoms with Gasteiger partial charge in [-0.2, -0.15) is 0 Å². The van der Waals surface area contributed by atoms with Crippen molar-refractivity contribution >= 4 is 5.97 Å². The molecule has 1 aromatic carbocycles. The largest absolute Gasteiger partial charge is 0.466 e. The monoisotopic (exact) mass is 206 g/mol. The summed E-state index contributed by atoms with van der Waals surface area (Å²) in [6.07, 6.45) is 0.367. The molecule has 15 heavy (non-hydrogen) atoms. The van der Waals surface area contributed by atoms with Crippen LogP contribution in [0.2, 0.25) is 0 Å². The molecule has 0 aromatic heterocycles. The fourth-order valence-corrected chi connectivity index (χ4v) is 1.40. The molecular weight excluding hydrogens is 188 g/mol. The van der Waals surface area contributed by atoms with E-state index in [0.29, 0.717) is 18.9 Å². The summed E-state index contributed by atoms with van der Waals surface area (Å²) in [5.74, 6) is 0.372. The van der Waals surface area contributed by atoms with Gasteiger partial charge >= 0.3 is 5.97 Å². The average molecular weight is 206 g/mol. The molecule has 0 heterocycles. The van der Waals surface area contributed by atoms with Gasteiger partial charge in [-0.05, 0) is 24.0 Å². The molecule has 0 atom stereocenters. The maximum absolute atomic E-state index is 11.2. The summed E-state index contributed by atoms with van der Waals surface area (Å²) in [6, 6.07) is 8.12. The first-order valence-corrected chi connectivity index (χ1v) is 5.38. The Morgan fingerprint density at radius 2 is 1.87 bits per heavy atom. The Labute approximate surface area is 91.3 Å². The van der Waals surface area contributed by atoms with E-state index in [0.717, 1.165) is 5.56 Å². The summed E-state index contributed by atoms with van der Waals surface area (Å²) in [6.45, 7) is 6.57. The summed E-state index contributed by atoms with van der Waals surface area (Å²) in [7, 11) is 0. The van der Waals surface area contributed by atoms with Gasteiger partial charge < -0.3 is 4.74 Å². The summed E-state index contributed by atoms with van der Waals surface area (Å²) >= 11 is 0. The molecule has 0 N–H and O–H groups in total. The van der Waals surface area contributed by atoms with E-state index >= 15 is 0 Å². The third kappa shape index (κ3) is 3.74. The number of ether oxygens (including phenoxy) is 1. The minimum Gasteiger partial charge on any atom is -0.466 e. The van der Waals surface area contributed by atoms with E-state index in [9.17, 15) is 4.79 Å². The van der Waals surface area contributed by atoms with Crippen molar-refractivity contribution in [1.29, 1.82) is 0 Å². The predicted molar refractivity (Wildman–Crippen MR) is 60.9 cm³/mol. The third-order valence-corrected chi connectivity index (χ3v) is 2.30. The van der Waals surface area contributed by atoms with E-state index in [1.54, 1.807) is 0 Å². The van der Waals surface area contributed by atoms with Gasteiger partial charge in [0.2, 0.25) is 0 Å². The highest BCUT2D eigenvalue weighted by molar-refractivity contribution is 5.72. The number of hydrogen-bond acceptors (Lipinski definition) is 2. The topological polar surface area (TPSA) is 26.3 Å². The first-order valence-electron chi connectivity index (χ1n) is 5.38. The standard InChI is InChI=1S/C13H18O2/c1-4-15-13(14)9-11-5-7-12(8-6-11)10(2)3/h5-8,10H,4,9H2,1-3H3. The predicted octanol–water partition coefficient (Wildman–Crippen LogP) is 2.92. The number of hydrogen-bond donors (Lipinski definition) is 0. The second-order valence-electron chi connectivity index (χ2n) is 3.88. The van der Waals surface area contributed by atoms with Crippen molar-refractivity contribution in [2.24, 2.45) is 0 Å². The lowest BCUT2D eigenvalue weighted by molar-refractivity contribution is -0.142. The van der Waals surface area contributed by atoms with Crippen LogP contribution in [0.4, 0.5) is 0 Å². The Morgan fingerprint density at radius 1 is 1.27 bits per heavy atom. The van der Waals surface area contributed by atoms with Gasteiger partial charge in [-0.25, -0.2) is 0 Å². The number of carbonyl (C=O) groups is 1. The van der Waals surface area contributed by atoms with Gasteiger partial charge in [0.1, 0.15) is 0 Å². The van der Waals surface area contributed by atoms with Crippen LogP contribution in [-0.4, -0.2) is 12.6 Å². The van der Waals surface area contributed by atoms with E-state index in [-0.39, 0.29) is 5.97 Å². The van der Waals surface area contributed by atoms with Crippen molar-refractivity contribution in [3.63, 3.8) is 0 Å². The second-order valence-corrected chi connectivity index (χ2v) is 3.88. The van der Waals surface area contributed by atoms with E-state index < -0.39 is 0 Å². The summed E-state index contributed by atoms with van der Waals surface area (Å²) in [5.41, 5.74) is 2.31. The van der Waals surface area contributed by atoms with E-state index in [4.69, 9.17) is 4.74 Å². The molecule has 0 aliphatic carbocycles. The van der Waals surface area contributed by atoms with Crippen LogP contribution in [0.1, 0.15) is 37.8 Å². The highest BCUT2D eigenvalue weighted by atomic mass is 16.5. The van der Waals surface area contributed by atoms with Crippen LogP contribution in [0.15, 0.2) is 24.3 Å². The Morgan fingerprint density at radius 3 is 2.33 bits per heavy atom. The number of rotatable bonds is 4. The Kier molecular flexibility index (Phi) is 4.35. The molecule has 0 radical (unpaired) electrons. The summed E-state index contributed by atoms with van der Waals surface area (Å²) in [4.78, 5) is 11.2. The zero-order chi connectivity index (χ0) is 11.3. The lowest BCUT2D eigenvalue weighted by atomic mass is 10.0. The lowest BCUT2D eigenvalue weighted by Crippen LogP contribution is -2.07. The molecule has 0 saturated carbocycles. The first kappa shape index (κ1) is 11.8. The first-order chi connectivity index (χ1) is 7.13. The summed E-state index contributed by atoms with van der Waals surface area (Å²) in [5, 5.41) is 0. The zero-order valence-corrected chi connectivity index (χ0v) is 9.62. The number of carbonyl (C=O) groups excluding carboxylic acids is 1. The number of benzene rings is 1. The molecule has 2 heteroatoms. The van der Waals surface area contributed by atoms with Gasteiger partial charge in [0, 0.05) is 0 Å². The minimum absolute atomic E-state index is 0.158. The molecule has 0 spiro atoms. The van der Waals surface area contributed by atoms with Gasteiger partial charge in [-0.3, -0.25) is 4.79 Å². The Balaban J connectivity index is 2.60. The van der Waals surface area contributed by atoms with Crippen LogP contribution in [0, 0.1) is 0 Å². The molecule has 0 amide bonds. The molecule has 0 aliphatic heterocycles. The van der Waals surface area contributed by atoms with Crippen molar-refractivity contribution in [3.05, 3.63) is 35.4 Å². The maximum Gasteiger partial charge on any atom is 0.310 e. The van der Waals surface area contributed by atoms with Crippen LogP contribution in [0.25, 0.3) is 0 Å². The van der Waals surface area contributed by atoms with Crippen LogP contribution >= 0.6 is 0 Å². The van der Waals surface area contributed by atoms with E-state index in [1.165, 1.54) is 5.56 Å². The highest BCUT2D eigenvalue weighted by Crippen LogP contribution is 2.14. The van der Waals surface area contributed by atoms with Crippen LogP contribution in [0.3, 0.4) is 0 Å². The molecule has 0 fully saturated rings. The zero-order valence-electron chi connectivity index (χ0n) is 9.62. The van der Waals surface area contributed by atoms with Gasteiger partial charge in [-0.1, -0.05) is 38.1 Å². The van der Waals surface area contributed by atoms with Gasteiger partial charge in [0.15, 0.2) is 0 Å². The molecule has 2 nitrogen and oxygen atoms in total. The maximum atomic E-state index is 11.2. The fourth-order valence-electron chi connectivity index (χ4n) is 1.40. The molecule has 82 valence electrons. The lowest BCUT2D eigenvalue weighted by Gasteiger charge is -2.06. The fraction of sp³-hybridized carbons (Fsp3) is 0.462. The van der Waals surface area contributed by atoms with Gasteiger partial charge in [-0.15, -0.1) is 0 Å². The molecule has 0 saturated heterocycles. The van der Waals surface area contributed by atoms with E-state index in [2.05, 4.69) is 26.0 Å². The van der Waals surface area contributed by atoms with Crippen molar-refractivity contribution in [3.8, 4) is 0 Å². The molecule has 0 unspecified atom stereocenters. The van der Waals surface area contributed by atoms with Crippen LogP contribution in [0.5, 0.6) is 0 Å². The van der Waals surface area contributed by atoms with E-state index in [1.807, 2.05) is 19.1 Å². The van der Waals surface area contributed by atoms with Crippen molar-refractivity contribution < 1.29 is 9.53 Å². The quantitative estimate of drug-likeness (QED) is 0.708. The molecule has 0 bridgehead atoms. The Bertz CT molecular complexity index is 312. The van der Waals surface area contributed by atoms with Gasteiger partial charge in [0.05, 0.1) is 13.0 Å². The minimum atomic E-state index is -0.158. The van der Waals surface area contributed by atoms with Crippen molar-refractivity contribution in [2.75, 3.05) is 6.61 Å². The molecule has 1 rings (SSSR count). The SMILES string of the molecule is CCOC(=O)Cc1ccc(C(C)C)cc1. The molecule has 1 aromatic rings. The van der Waals surface area contributed by atoms with Crippen molar-refractivity contribution in [2.45, 2.75) is 33.1 Å². The van der Waals surface area contributed by atoms with Crippen LogP contribution < -0.4 is 0 Å². The third-order valence-electron chi connectivity index (χ3n) is 2.30. The average Bonchev–Trinajstić information content (AvgIpc) is 2.18. The smallest absolute Gasteiger partial charge is 0.310 e. The molecule has 0 aliphatic rings. The second kappa shape index (κ2) is 5.54. The highest BCUT2D eigenvalue weighted by Gasteiger charge is 2.04. The number of esters is 1. The summed E-state index contributed by atoms with van der Waals surface area (Å²) < 4.78 is 4.88. The van der Waals surface area contributed by atoms with Crippen molar-refractivity contribution in [1.82, 2.24) is 0 Å².